The molecule has 0 amide bonds. The van der Waals surface area contributed by atoms with Crippen LogP contribution in [0.2, 0.25) is 0 Å². The largest absolute Gasteiger partial charge is 0.394 e. The van der Waals surface area contributed by atoms with Gasteiger partial charge in [-0.2, -0.15) is 0 Å². The van der Waals surface area contributed by atoms with Gasteiger partial charge in [0.2, 0.25) is 0 Å². The highest BCUT2D eigenvalue weighted by atomic mass is 16.5. The molecule has 112 valence electrons. The predicted molar refractivity (Wildman–Crippen MR) is 75.3 cm³/mol. The summed E-state index contributed by atoms with van der Waals surface area (Å²) in [6.45, 7) is 4.95. The van der Waals surface area contributed by atoms with Crippen molar-refractivity contribution in [2.24, 2.45) is 0 Å². The van der Waals surface area contributed by atoms with Crippen molar-refractivity contribution in [2.75, 3.05) is 26.4 Å². The number of hydrogen-bond acceptors (Lipinski definition) is 4. The first-order valence-corrected chi connectivity index (χ1v) is 7.87. The van der Waals surface area contributed by atoms with E-state index < -0.39 is 0 Å². The number of ether oxygens (including phenoxy) is 2. The van der Waals surface area contributed by atoms with Gasteiger partial charge in [0.1, 0.15) is 0 Å². The molecule has 2 fully saturated rings. The molecule has 3 unspecified atom stereocenters. The van der Waals surface area contributed by atoms with Gasteiger partial charge in [-0.3, -0.25) is 0 Å². The Morgan fingerprint density at radius 2 is 2.26 bits per heavy atom. The molecule has 1 aliphatic carbocycles. The maximum absolute atomic E-state index is 9.64. The highest BCUT2D eigenvalue weighted by molar-refractivity contribution is 4.96. The van der Waals surface area contributed by atoms with Crippen LogP contribution in [-0.2, 0) is 9.47 Å². The number of nitrogens with one attached hydrogen (secondary N) is 1. The van der Waals surface area contributed by atoms with Gasteiger partial charge in [0.05, 0.1) is 25.4 Å². The summed E-state index contributed by atoms with van der Waals surface area (Å²) in [4.78, 5) is 0. The fourth-order valence-electron chi connectivity index (χ4n) is 3.15. The van der Waals surface area contributed by atoms with Gasteiger partial charge in [-0.25, -0.2) is 0 Å². The van der Waals surface area contributed by atoms with Crippen molar-refractivity contribution >= 4 is 0 Å². The minimum absolute atomic E-state index is 0.103. The third kappa shape index (κ3) is 4.42. The summed E-state index contributed by atoms with van der Waals surface area (Å²) in [5, 5.41) is 13.1. The Morgan fingerprint density at radius 1 is 1.37 bits per heavy atom. The Hall–Kier alpha value is -0.160. The highest BCUT2D eigenvalue weighted by Gasteiger charge is 2.38. The van der Waals surface area contributed by atoms with Gasteiger partial charge in [0.25, 0.3) is 0 Å². The van der Waals surface area contributed by atoms with Gasteiger partial charge in [-0.05, 0) is 51.5 Å². The molecule has 1 heterocycles. The van der Waals surface area contributed by atoms with Crippen LogP contribution in [0, 0.1) is 0 Å². The standard InChI is InChI=1S/C15H29NO3/c1-2-8-16-15(12-17)7-6-13(10-15)19-11-14-5-3-4-9-18-14/h13-14,16-17H,2-12H2,1H3. The minimum Gasteiger partial charge on any atom is -0.394 e. The summed E-state index contributed by atoms with van der Waals surface area (Å²) in [6, 6.07) is 0. The van der Waals surface area contributed by atoms with E-state index in [-0.39, 0.29) is 18.2 Å². The molecule has 3 atom stereocenters. The smallest absolute Gasteiger partial charge is 0.0808 e. The van der Waals surface area contributed by atoms with Crippen LogP contribution in [-0.4, -0.2) is 49.2 Å². The molecule has 19 heavy (non-hydrogen) atoms. The average molecular weight is 271 g/mol. The molecule has 1 aliphatic heterocycles. The van der Waals surface area contributed by atoms with Crippen LogP contribution in [0.25, 0.3) is 0 Å². The third-order valence-electron chi connectivity index (χ3n) is 4.41. The van der Waals surface area contributed by atoms with Crippen molar-refractivity contribution < 1.29 is 14.6 Å². The quantitative estimate of drug-likeness (QED) is 0.742. The maximum atomic E-state index is 9.64. The lowest BCUT2D eigenvalue weighted by Gasteiger charge is -2.29. The molecule has 1 saturated carbocycles. The topological polar surface area (TPSA) is 50.7 Å². The first-order chi connectivity index (χ1) is 9.28. The Bertz CT molecular complexity index is 256. The van der Waals surface area contributed by atoms with Crippen molar-refractivity contribution in [3.63, 3.8) is 0 Å². The molecular weight excluding hydrogens is 242 g/mol. The van der Waals surface area contributed by atoms with Crippen LogP contribution in [0.3, 0.4) is 0 Å². The van der Waals surface area contributed by atoms with Crippen molar-refractivity contribution in [3.05, 3.63) is 0 Å². The lowest BCUT2D eigenvalue weighted by atomic mass is 9.98. The molecule has 0 aromatic rings. The Labute approximate surface area is 116 Å². The zero-order chi connectivity index (χ0) is 13.6. The van der Waals surface area contributed by atoms with Gasteiger partial charge in [0, 0.05) is 12.1 Å². The zero-order valence-corrected chi connectivity index (χ0v) is 12.2. The molecule has 0 spiro atoms. The number of hydrogen-bond donors (Lipinski definition) is 2. The second kappa shape index (κ2) is 7.58. The van der Waals surface area contributed by atoms with E-state index in [0.29, 0.717) is 6.10 Å². The lowest BCUT2D eigenvalue weighted by molar-refractivity contribution is -0.0631. The maximum Gasteiger partial charge on any atom is 0.0808 e. The third-order valence-corrected chi connectivity index (χ3v) is 4.41. The molecule has 0 bridgehead atoms. The van der Waals surface area contributed by atoms with Gasteiger partial charge in [0.15, 0.2) is 0 Å². The SMILES string of the molecule is CCCNC1(CO)CCC(OCC2CCCCO2)C1. The van der Waals surface area contributed by atoms with Gasteiger partial charge in [-0.15, -0.1) is 0 Å². The summed E-state index contributed by atoms with van der Waals surface area (Å²) < 4.78 is 11.7. The van der Waals surface area contributed by atoms with E-state index in [9.17, 15) is 5.11 Å². The van der Waals surface area contributed by atoms with Crippen molar-refractivity contribution in [2.45, 2.75) is 69.6 Å². The summed E-state index contributed by atoms with van der Waals surface area (Å²) in [6.07, 6.45) is 8.24. The van der Waals surface area contributed by atoms with Gasteiger partial charge < -0.3 is 19.9 Å². The molecular formula is C15H29NO3. The molecule has 1 saturated heterocycles. The number of aliphatic hydroxyl groups excluding tert-OH is 1. The molecule has 2 rings (SSSR count). The van der Waals surface area contributed by atoms with Crippen molar-refractivity contribution in [3.8, 4) is 0 Å². The number of aliphatic hydroxyl groups is 1. The van der Waals surface area contributed by atoms with Crippen LogP contribution in [0.1, 0.15) is 51.9 Å². The Kier molecular flexibility index (Phi) is 6.07. The summed E-state index contributed by atoms with van der Waals surface area (Å²) >= 11 is 0. The van der Waals surface area contributed by atoms with Crippen molar-refractivity contribution in [1.29, 1.82) is 0 Å². The highest BCUT2D eigenvalue weighted by Crippen LogP contribution is 2.32. The fraction of sp³-hybridized carbons (Fsp3) is 1.00. The molecule has 0 aromatic carbocycles. The van der Waals surface area contributed by atoms with Crippen LogP contribution < -0.4 is 5.32 Å². The van der Waals surface area contributed by atoms with E-state index in [0.717, 1.165) is 51.9 Å². The van der Waals surface area contributed by atoms with E-state index in [1.165, 1.54) is 12.8 Å². The monoisotopic (exact) mass is 271 g/mol. The predicted octanol–water partition coefficient (Wildman–Crippen LogP) is 1.86. The minimum atomic E-state index is -0.103. The van der Waals surface area contributed by atoms with Gasteiger partial charge in [-0.1, -0.05) is 6.92 Å². The molecule has 4 heteroatoms. The van der Waals surface area contributed by atoms with Crippen LogP contribution >= 0.6 is 0 Å². The second-order valence-electron chi connectivity index (χ2n) is 6.05. The lowest BCUT2D eigenvalue weighted by Crippen LogP contribution is -2.47. The van der Waals surface area contributed by atoms with Gasteiger partial charge >= 0.3 is 0 Å². The first-order valence-electron chi connectivity index (χ1n) is 7.87. The zero-order valence-electron chi connectivity index (χ0n) is 12.2. The van der Waals surface area contributed by atoms with E-state index in [1.54, 1.807) is 0 Å². The van der Waals surface area contributed by atoms with E-state index in [1.807, 2.05) is 0 Å². The number of rotatable bonds is 7. The van der Waals surface area contributed by atoms with Crippen LogP contribution in [0.15, 0.2) is 0 Å². The van der Waals surface area contributed by atoms with Crippen LogP contribution in [0.5, 0.6) is 0 Å². The van der Waals surface area contributed by atoms with E-state index in [4.69, 9.17) is 9.47 Å². The summed E-state index contributed by atoms with van der Waals surface area (Å²) in [7, 11) is 0. The van der Waals surface area contributed by atoms with E-state index in [2.05, 4.69) is 12.2 Å². The first kappa shape index (κ1) is 15.2. The van der Waals surface area contributed by atoms with E-state index >= 15 is 0 Å². The van der Waals surface area contributed by atoms with Crippen LogP contribution in [0.4, 0.5) is 0 Å². The molecule has 0 aromatic heterocycles. The van der Waals surface area contributed by atoms with Crippen molar-refractivity contribution in [1.82, 2.24) is 5.32 Å². The second-order valence-corrected chi connectivity index (χ2v) is 6.05. The normalized spacial score (nSPS) is 35.7. The Balaban J connectivity index is 1.70. The molecule has 2 aliphatic rings. The summed E-state index contributed by atoms with van der Waals surface area (Å²) in [5.41, 5.74) is -0.103. The molecule has 2 N–H and O–H groups in total. The fourth-order valence-corrected chi connectivity index (χ4v) is 3.15. The average Bonchev–Trinajstić information content (AvgIpc) is 2.88. The molecule has 4 nitrogen and oxygen atoms in total. The summed E-state index contributed by atoms with van der Waals surface area (Å²) in [5.74, 6) is 0. The Morgan fingerprint density at radius 3 is 2.95 bits per heavy atom. The molecule has 0 radical (unpaired) electrons.